The lowest BCUT2D eigenvalue weighted by Crippen LogP contribution is -2.18. The van der Waals surface area contributed by atoms with E-state index in [4.69, 9.17) is 10.8 Å². The number of amides is 1. The highest BCUT2D eigenvalue weighted by atomic mass is 16.4. The fourth-order valence-corrected chi connectivity index (χ4v) is 1.19. The maximum absolute atomic E-state index is 11.0. The molecule has 15 heavy (non-hydrogen) atoms. The number of nitrogens with one attached hydrogen (secondary N) is 1. The molecule has 0 unspecified atom stereocenters. The van der Waals surface area contributed by atoms with Crippen LogP contribution in [0.15, 0.2) is 18.2 Å². The van der Waals surface area contributed by atoms with Crippen molar-refractivity contribution in [3.63, 3.8) is 0 Å². The Morgan fingerprint density at radius 2 is 2.13 bits per heavy atom. The summed E-state index contributed by atoms with van der Waals surface area (Å²) < 4.78 is 0. The molecule has 0 aliphatic heterocycles. The van der Waals surface area contributed by atoms with Gasteiger partial charge < -0.3 is 16.2 Å². The van der Waals surface area contributed by atoms with E-state index in [1.165, 1.54) is 0 Å². The minimum atomic E-state index is -0.994. The van der Waals surface area contributed by atoms with Gasteiger partial charge in [-0.25, -0.2) is 0 Å². The van der Waals surface area contributed by atoms with E-state index in [1.807, 2.05) is 6.92 Å². The number of aliphatic carboxylic acids is 1. The van der Waals surface area contributed by atoms with Crippen molar-refractivity contribution in [3.8, 4) is 0 Å². The molecule has 0 heterocycles. The van der Waals surface area contributed by atoms with E-state index in [0.29, 0.717) is 11.3 Å². The predicted molar refractivity (Wildman–Crippen MR) is 55.8 cm³/mol. The minimum Gasteiger partial charge on any atom is -0.480 e. The van der Waals surface area contributed by atoms with Gasteiger partial charge in [0, 0.05) is 5.69 Å². The Morgan fingerprint density at radius 3 is 2.67 bits per heavy atom. The standard InChI is InChI=1S/C10H12N2O3/c1-6-2-3-7(10(11)15)8(4-6)12-5-9(13)14/h2-4,12H,5H2,1H3,(H2,11,15)(H,13,14). The Hall–Kier alpha value is -2.04. The fraction of sp³-hybridized carbons (Fsp3) is 0.200. The summed E-state index contributed by atoms with van der Waals surface area (Å²) in [4.78, 5) is 21.4. The molecule has 1 amide bonds. The zero-order valence-corrected chi connectivity index (χ0v) is 8.28. The normalized spacial score (nSPS) is 9.67. The second kappa shape index (κ2) is 4.45. The molecular weight excluding hydrogens is 196 g/mol. The van der Waals surface area contributed by atoms with Crippen molar-refractivity contribution >= 4 is 17.6 Å². The second-order valence-electron chi connectivity index (χ2n) is 3.16. The number of carboxylic acid groups (broad SMARTS) is 1. The third kappa shape index (κ3) is 2.98. The molecule has 4 N–H and O–H groups in total. The van der Waals surface area contributed by atoms with Gasteiger partial charge in [0.1, 0.15) is 6.54 Å². The molecule has 1 aromatic carbocycles. The maximum Gasteiger partial charge on any atom is 0.322 e. The first-order chi connectivity index (χ1) is 7.00. The second-order valence-corrected chi connectivity index (χ2v) is 3.16. The highest BCUT2D eigenvalue weighted by Crippen LogP contribution is 2.16. The molecule has 80 valence electrons. The number of nitrogens with two attached hydrogens (primary N) is 1. The number of anilines is 1. The first-order valence-corrected chi connectivity index (χ1v) is 4.37. The van der Waals surface area contributed by atoms with Crippen LogP contribution in [0, 0.1) is 6.92 Å². The van der Waals surface area contributed by atoms with Gasteiger partial charge in [0.25, 0.3) is 5.91 Å². The summed E-state index contributed by atoms with van der Waals surface area (Å²) in [6, 6.07) is 5.00. The van der Waals surface area contributed by atoms with Crippen molar-refractivity contribution < 1.29 is 14.7 Å². The maximum atomic E-state index is 11.0. The number of aryl methyl sites for hydroxylation is 1. The van der Waals surface area contributed by atoms with Crippen LogP contribution < -0.4 is 11.1 Å². The molecule has 0 spiro atoms. The largest absolute Gasteiger partial charge is 0.480 e. The van der Waals surface area contributed by atoms with E-state index in [-0.39, 0.29) is 6.54 Å². The number of primary amides is 1. The number of benzene rings is 1. The van der Waals surface area contributed by atoms with E-state index < -0.39 is 11.9 Å². The quantitative estimate of drug-likeness (QED) is 0.675. The molecule has 0 atom stereocenters. The van der Waals surface area contributed by atoms with Crippen LogP contribution in [-0.4, -0.2) is 23.5 Å². The van der Waals surface area contributed by atoms with Crippen LogP contribution in [0.3, 0.4) is 0 Å². The van der Waals surface area contributed by atoms with Crippen LogP contribution in [0.5, 0.6) is 0 Å². The molecule has 5 heteroatoms. The lowest BCUT2D eigenvalue weighted by atomic mass is 10.1. The zero-order chi connectivity index (χ0) is 11.4. The molecule has 0 fully saturated rings. The Labute approximate surface area is 86.9 Å². The summed E-state index contributed by atoms with van der Waals surface area (Å²) in [7, 11) is 0. The van der Waals surface area contributed by atoms with Crippen molar-refractivity contribution in [2.45, 2.75) is 6.92 Å². The monoisotopic (exact) mass is 208 g/mol. The Bertz CT molecular complexity index is 402. The van der Waals surface area contributed by atoms with Gasteiger partial charge in [-0.3, -0.25) is 9.59 Å². The highest BCUT2D eigenvalue weighted by molar-refractivity contribution is 5.99. The molecule has 1 aromatic rings. The van der Waals surface area contributed by atoms with E-state index in [1.54, 1.807) is 18.2 Å². The van der Waals surface area contributed by atoms with E-state index in [9.17, 15) is 9.59 Å². The lowest BCUT2D eigenvalue weighted by Gasteiger charge is -2.08. The Kier molecular flexibility index (Phi) is 3.28. The fourth-order valence-electron chi connectivity index (χ4n) is 1.19. The van der Waals surface area contributed by atoms with Crippen LogP contribution in [0.4, 0.5) is 5.69 Å². The average molecular weight is 208 g/mol. The molecule has 0 aromatic heterocycles. The van der Waals surface area contributed by atoms with Gasteiger partial charge in [0.15, 0.2) is 0 Å². The Morgan fingerprint density at radius 1 is 1.47 bits per heavy atom. The topological polar surface area (TPSA) is 92.4 Å². The smallest absolute Gasteiger partial charge is 0.322 e. The number of hydrogen-bond acceptors (Lipinski definition) is 3. The summed E-state index contributed by atoms with van der Waals surface area (Å²) >= 11 is 0. The predicted octanol–water partition coefficient (Wildman–Crippen LogP) is 0.590. The van der Waals surface area contributed by atoms with Gasteiger partial charge in [-0.1, -0.05) is 6.07 Å². The van der Waals surface area contributed by atoms with Crippen LogP contribution in [0.2, 0.25) is 0 Å². The minimum absolute atomic E-state index is 0.246. The molecule has 0 aliphatic rings. The molecule has 0 radical (unpaired) electrons. The number of carbonyl (C=O) groups is 2. The zero-order valence-electron chi connectivity index (χ0n) is 8.28. The van der Waals surface area contributed by atoms with Gasteiger partial charge in [-0.15, -0.1) is 0 Å². The molecule has 0 aliphatic carbocycles. The van der Waals surface area contributed by atoms with Gasteiger partial charge in [0.05, 0.1) is 5.56 Å². The van der Waals surface area contributed by atoms with Gasteiger partial charge in [0.2, 0.25) is 0 Å². The molecule has 1 rings (SSSR count). The lowest BCUT2D eigenvalue weighted by molar-refractivity contribution is -0.134. The van der Waals surface area contributed by atoms with Crippen molar-refractivity contribution in [2.75, 3.05) is 11.9 Å². The number of rotatable bonds is 4. The van der Waals surface area contributed by atoms with E-state index in [0.717, 1.165) is 5.56 Å². The number of carbonyl (C=O) groups excluding carboxylic acids is 1. The molecule has 0 saturated carbocycles. The summed E-state index contributed by atoms with van der Waals surface area (Å²) in [5.74, 6) is -1.57. The summed E-state index contributed by atoms with van der Waals surface area (Å²) in [6.45, 7) is 1.60. The summed E-state index contributed by atoms with van der Waals surface area (Å²) in [5.41, 5.74) is 6.81. The van der Waals surface area contributed by atoms with Crippen LogP contribution in [0.25, 0.3) is 0 Å². The van der Waals surface area contributed by atoms with E-state index in [2.05, 4.69) is 5.32 Å². The molecule has 5 nitrogen and oxygen atoms in total. The van der Waals surface area contributed by atoms with Crippen molar-refractivity contribution in [1.82, 2.24) is 0 Å². The van der Waals surface area contributed by atoms with Crippen LogP contribution in [-0.2, 0) is 4.79 Å². The first-order valence-electron chi connectivity index (χ1n) is 4.37. The van der Waals surface area contributed by atoms with Crippen LogP contribution >= 0.6 is 0 Å². The third-order valence-corrected chi connectivity index (χ3v) is 1.87. The van der Waals surface area contributed by atoms with Crippen LogP contribution in [0.1, 0.15) is 15.9 Å². The van der Waals surface area contributed by atoms with Crippen molar-refractivity contribution in [1.29, 1.82) is 0 Å². The van der Waals surface area contributed by atoms with Crippen molar-refractivity contribution in [2.24, 2.45) is 5.73 Å². The summed E-state index contributed by atoms with van der Waals surface area (Å²) in [6.07, 6.45) is 0. The number of hydrogen-bond donors (Lipinski definition) is 3. The molecular formula is C10H12N2O3. The third-order valence-electron chi connectivity index (χ3n) is 1.87. The molecule has 0 bridgehead atoms. The summed E-state index contributed by atoms with van der Waals surface area (Å²) in [5, 5.41) is 11.1. The average Bonchev–Trinajstić information content (AvgIpc) is 2.14. The van der Waals surface area contributed by atoms with E-state index >= 15 is 0 Å². The van der Waals surface area contributed by atoms with Gasteiger partial charge in [-0.2, -0.15) is 0 Å². The molecule has 0 saturated heterocycles. The first kappa shape index (κ1) is 11.0. The number of carboxylic acids is 1. The van der Waals surface area contributed by atoms with Gasteiger partial charge >= 0.3 is 5.97 Å². The highest BCUT2D eigenvalue weighted by Gasteiger charge is 2.08. The van der Waals surface area contributed by atoms with Gasteiger partial charge in [-0.05, 0) is 24.6 Å². The van der Waals surface area contributed by atoms with Crippen molar-refractivity contribution in [3.05, 3.63) is 29.3 Å². The SMILES string of the molecule is Cc1ccc(C(N)=O)c(NCC(=O)O)c1. The Balaban J connectivity index is 2.96.